The molecule has 10 heteroatoms. The van der Waals surface area contributed by atoms with E-state index in [1.807, 2.05) is 30.3 Å². The predicted molar refractivity (Wildman–Crippen MR) is 133 cm³/mol. The molecule has 0 radical (unpaired) electrons. The molecule has 0 unspecified atom stereocenters. The molecule has 3 aromatic rings. The van der Waals surface area contributed by atoms with Crippen LogP contribution < -0.4 is 25.0 Å². The summed E-state index contributed by atoms with van der Waals surface area (Å²) in [5.41, 5.74) is 2.62. The van der Waals surface area contributed by atoms with Crippen LogP contribution in [0.5, 0.6) is 11.5 Å². The van der Waals surface area contributed by atoms with Crippen LogP contribution in [0.25, 0.3) is 11.3 Å². The highest BCUT2D eigenvalue weighted by Crippen LogP contribution is 2.35. The van der Waals surface area contributed by atoms with Gasteiger partial charge < -0.3 is 19.9 Å². The van der Waals surface area contributed by atoms with Crippen LogP contribution in [0.2, 0.25) is 0 Å². The highest BCUT2D eigenvalue weighted by molar-refractivity contribution is 7.99. The van der Waals surface area contributed by atoms with Crippen LogP contribution in [0, 0.1) is 0 Å². The molecule has 9 nitrogen and oxygen atoms in total. The highest BCUT2D eigenvalue weighted by atomic mass is 32.2. The Morgan fingerprint density at radius 3 is 2.77 bits per heavy atom. The Labute approximate surface area is 207 Å². The second-order valence-corrected chi connectivity index (χ2v) is 9.23. The summed E-state index contributed by atoms with van der Waals surface area (Å²) in [4.78, 5) is 27.1. The Morgan fingerprint density at radius 2 is 2.00 bits per heavy atom. The number of carbonyl (C=O) groups is 1. The lowest BCUT2D eigenvalue weighted by atomic mass is 10.0. The molecule has 0 spiro atoms. The average Bonchev–Trinajstić information content (AvgIpc) is 2.86. The van der Waals surface area contributed by atoms with Crippen molar-refractivity contribution in [2.75, 3.05) is 24.8 Å². The third kappa shape index (κ3) is 5.59. The maximum absolute atomic E-state index is 13.2. The Hall–Kier alpha value is -3.53. The van der Waals surface area contributed by atoms with Gasteiger partial charge in [0.05, 0.1) is 18.4 Å². The van der Waals surface area contributed by atoms with Gasteiger partial charge in [-0.3, -0.25) is 9.78 Å². The molecule has 4 rings (SSSR count). The first-order chi connectivity index (χ1) is 17.0. The van der Waals surface area contributed by atoms with E-state index in [-0.39, 0.29) is 5.56 Å². The van der Waals surface area contributed by atoms with Gasteiger partial charge in [-0.15, -0.1) is 0 Å². The van der Waals surface area contributed by atoms with Crippen LogP contribution in [0.4, 0.5) is 5.69 Å². The number of H-pyrrole nitrogens is 1. The third-order valence-electron chi connectivity index (χ3n) is 5.67. The smallest absolute Gasteiger partial charge is 0.341 e. The topological polar surface area (TPSA) is 117 Å². The van der Waals surface area contributed by atoms with Crippen molar-refractivity contribution in [2.45, 2.75) is 43.9 Å². The fourth-order valence-electron chi connectivity index (χ4n) is 3.99. The quantitative estimate of drug-likeness (QED) is 0.208. The molecule has 1 aliphatic rings. The van der Waals surface area contributed by atoms with Crippen LogP contribution in [-0.2, 0) is 4.79 Å². The summed E-state index contributed by atoms with van der Waals surface area (Å²) in [6, 6.07) is 12.8. The molecule has 0 bridgehead atoms. The van der Waals surface area contributed by atoms with E-state index >= 15 is 0 Å². The number of hydrogen-bond donors (Lipinski definition) is 3. The Bertz CT molecular complexity index is 1260. The van der Waals surface area contributed by atoms with E-state index in [1.54, 1.807) is 28.6 Å². The SMILES string of the molecule is CCCCCCSc1n[n+]2c(c(=O)[nH]1)-c1ccccc1N[C@H]2c1ccc(OCC(=O)O)c(OC)c1. The summed E-state index contributed by atoms with van der Waals surface area (Å²) < 4.78 is 12.5. The fourth-order valence-corrected chi connectivity index (χ4v) is 4.84. The average molecular weight is 498 g/mol. The number of aromatic amines is 1. The standard InChI is InChI=1S/C25H28N4O5S/c1-3-4-5-8-13-35-25-27-24(32)22-17-9-6-7-10-18(17)26-23(29(22)28-25)16-11-12-19(20(14-16)33-2)34-15-21(30)31/h6-7,9-12,14,23H,3-5,8,13,15H2,1-2H3,(H2,27,28,30,31,32)/p+1/t23-/m1/s1. The van der Waals surface area contributed by atoms with Crippen molar-refractivity contribution in [3.05, 3.63) is 58.4 Å². The number of rotatable bonds is 11. The lowest BCUT2D eigenvalue weighted by molar-refractivity contribution is -0.759. The number of nitrogens with zero attached hydrogens (tertiary/aromatic N) is 2. The molecule has 1 aliphatic heterocycles. The van der Waals surface area contributed by atoms with E-state index in [9.17, 15) is 9.59 Å². The molecule has 3 N–H and O–H groups in total. The van der Waals surface area contributed by atoms with Crippen molar-refractivity contribution in [1.82, 2.24) is 10.1 Å². The number of methoxy groups -OCH3 is 1. The third-order valence-corrected chi connectivity index (χ3v) is 6.62. The van der Waals surface area contributed by atoms with Crippen molar-refractivity contribution < 1.29 is 24.1 Å². The minimum absolute atomic E-state index is 0.205. The monoisotopic (exact) mass is 497 g/mol. The molecular weight excluding hydrogens is 468 g/mol. The minimum atomic E-state index is -1.07. The molecule has 2 aromatic carbocycles. The lowest BCUT2D eigenvalue weighted by Crippen LogP contribution is -2.55. The van der Waals surface area contributed by atoms with Crippen LogP contribution >= 0.6 is 11.8 Å². The molecule has 0 saturated heterocycles. The molecule has 1 aromatic heterocycles. The molecule has 1 atom stereocenters. The largest absolute Gasteiger partial charge is 0.493 e. The molecule has 184 valence electrons. The van der Waals surface area contributed by atoms with Crippen molar-refractivity contribution >= 4 is 23.4 Å². The van der Waals surface area contributed by atoms with Gasteiger partial charge in [-0.2, -0.15) is 0 Å². The maximum atomic E-state index is 13.2. The van der Waals surface area contributed by atoms with Crippen LogP contribution in [0.3, 0.4) is 0 Å². The highest BCUT2D eigenvalue weighted by Gasteiger charge is 2.38. The summed E-state index contributed by atoms with van der Waals surface area (Å²) in [6.07, 6.45) is 4.10. The van der Waals surface area contributed by atoms with E-state index in [1.165, 1.54) is 20.0 Å². The van der Waals surface area contributed by atoms with Gasteiger partial charge in [0.2, 0.25) is 5.16 Å². The molecule has 35 heavy (non-hydrogen) atoms. The zero-order chi connectivity index (χ0) is 24.8. The molecular formula is C25H29N4O5S+. The Morgan fingerprint density at radius 1 is 1.17 bits per heavy atom. The van der Waals surface area contributed by atoms with Crippen molar-refractivity contribution in [3.63, 3.8) is 0 Å². The number of unbranched alkanes of at least 4 members (excludes halogenated alkanes) is 3. The van der Waals surface area contributed by atoms with Gasteiger partial charge in [0.1, 0.15) is 0 Å². The molecule has 0 aliphatic carbocycles. The maximum Gasteiger partial charge on any atom is 0.341 e. The number of nitrogens with one attached hydrogen (secondary N) is 2. The zero-order valence-electron chi connectivity index (χ0n) is 19.7. The summed E-state index contributed by atoms with van der Waals surface area (Å²) in [5, 5.41) is 17.8. The van der Waals surface area contributed by atoms with Gasteiger partial charge in [-0.1, -0.05) is 50.1 Å². The van der Waals surface area contributed by atoms with Gasteiger partial charge >= 0.3 is 17.2 Å². The number of carboxylic acid groups (broad SMARTS) is 1. The molecule has 0 amide bonds. The number of fused-ring (bicyclic) bond motifs is 3. The zero-order valence-corrected chi connectivity index (χ0v) is 20.6. The number of ether oxygens (including phenoxy) is 2. The first-order valence-electron chi connectivity index (χ1n) is 11.6. The van der Waals surface area contributed by atoms with Gasteiger partial charge in [0.15, 0.2) is 18.1 Å². The van der Waals surface area contributed by atoms with Crippen molar-refractivity contribution in [1.29, 1.82) is 0 Å². The fraction of sp³-hybridized carbons (Fsp3) is 0.360. The first-order valence-corrected chi connectivity index (χ1v) is 12.6. The summed E-state index contributed by atoms with van der Waals surface area (Å²) in [5.74, 6) is 0.513. The number of hydrogen-bond acceptors (Lipinski definition) is 7. The Kier molecular flexibility index (Phi) is 7.91. The number of para-hydroxylation sites is 1. The van der Waals surface area contributed by atoms with Gasteiger partial charge in [-0.05, 0) is 41.4 Å². The Balaban J connectivity index is 1.71. The first kappa shape index (κ1) is 24.6. The second kappa shape index (κ2) is 11.3. The summed E-state index contributed by atoms with van der Waals surface area (Å²) in [7, 11) is 1.49. The van der Waals surface area contributed by atoms with Gasteiger partial charge in [-0.25, -0.2) is 4.79 Å². The number of benzene rings is 2. The molecule has 0 fully saturated rings. The van der Waals surface area contributed by atoms with E-state index in [0.717, 1.165) is 35.4 Å². The second-order valence-electron chi connectivity index (χ2n) is 8.15. The molecule has 0 saturated carbocycles. The molecule has 2 heterocycles. The normalized spacial score (nSPS) is 13.9. The number of anilines is 1. The minimum Gasteiger partial charge on any atom is -0.493 e. The number of aromatic nitrogens is 3. The van der Waals surface area contributed by atoms with Crippen molar-refractivity contribution in [3.8, 4) is 22.8 Å². The van der Waals surface area contributed by atoms with Gasteiger partial charge in [0, 0.05) is 16.4 Å². The van der Waals surface area contributed by atoms with Crippen LogP contribution in [0.15, 0.2) is 52.4 Å². The number of aliphatic carboxylic acids is 1. The lowest BCUT2D eigenvalue weighted by Gasteiger charge is -2.23. The number of thioether (sulfide) groups is 1. The van der Waals surface area contributed by atoms with E-state index < -0.39 is 18.7 Å². The van der Waals surface area contributed by atoms with Gasteiger partial charge in [0.25, 0.3) is 6.17 Å². The van der Waals surface area contributed by atoms with Crippen LogP contribution in [0.1, 0.15) is 44.3 Å². The van der Waals surface area contributed by atoms with Crippen molar-refractivity contribution in [2.24, 2.45) is 0 Å². The summed E-state index contributed by atoms with van der Waals surface area (Å²) in [6.45, 7) is 1.70. The number of carboxylic acids is 1. The van der Waals surface area contributed by atoms with E-state index in [4.69, 9.17) is 19.7 Å². The summed E-state index contributed by atoms with van der Waals surface area (Å²) >= 11 is 1.54. The predicted octanol–water partition coefficient (Wildman–Crippen LogP) is 3.84. The van der Waals surface area contributed by atoms with E-state index in [2.05, 4.69) is 17.2 Å². The van der Waals surface area contributed by atoms with Crippen LogP contribution in [-0.4, -0.2) is 40.6 Å². The van der Waals surface area contributed by atoms with E-state index in [0.29, 0.717) is 22.3 Å².